The minimum atomic E-state index is 0.0144. The maximum Gasteiger partial charge on any atom is 0.227 e. The van der Waals surface area contributed by atoms with E-state index in [9.17, 15) is 4.79 Å². The Hall–Kier alpha value is -2.71. The van der Waals surface area contributed by atoms with Crippen molar-refractivity contribution in [1.29, 1.82) is 0 Å². The van der Waals surface area contributed by atoms with E-state index in [0.717, 1.165) is 57.4 Å². The number of hydrogen-bond acceptors (Lipinski definition) is 5. The summed E-state index contributed by atoms with van der Waals surface area (Å²) in [6.07, 6.45) is 3.61. The fraction of sp³-hybridized carbons (Fsp3) is 0.261. The van der Waals surface area contributed by atoms with Gasteiger partial charge in [0.05, 0.1) is 17.6 Å². The highest BCUT2D eigenvalue weighted by Gasteiger charge is 2.27. The molecule has 5 rings (SSSR count). The first kappa shape index (κ1) is 20.2. The third-order valence-corrected chi connectivity index (χ3v) is 7.32. The molecule has 31 heavy (non-hydrogen) atoms. The summed E-state index contributed by atoms with van der Waals surface area (Å²) >= 11 is 5.08. The van der Waals surface area contributed by atoms with Gasteiger partial charge in [0.25, 0.3) is 0 Å². The molecule has 2 aromatic carbocycles. The van der Waals surface area contributed by atoms with Crippen molar-refractivity contribution in [3.63, 3.8) is 0 Å². The third kappa shape index (κ3) is 4.22. The topological polar surface area (TPSA) is 62.5 Å². The molecule has 4 aromatic rings. The number of carbonyl (C=O) groups is 1. The van der Waals surface area contributed by atoms with Crippen molar-refractivity contribution < 1.29 is 4.79 Å². The zero-order chi connectivity index (χ0) is 21.4. The summed E-state index contributed by atoms with van der Waals surface area (Å²) in [6, 6.07) is 16.1. The highest BCUT2D eigenvalue weighted by molar-refractivity contribution is 9.10. The van der Waals surface area contributed by atoms with Gasteiger partial charge >= 0.3 is 0 Å². The first-order chi connectivity index (χ1) is 15.1. The molecule has 0 aliphatic carbocycles. The molecular weight excluding hydrogens is 474 g/mol. The average molecular weight is 496 g/mol. The molecule has 1 aliphatic heterocycles. The highest BCUT2D eigenvalue weighted by atomic mass is 79.9. The van der Waals surface area contributed by atoms with Gasteiger partial charge in [0, 0.05) is 29.0 Å². The van der Waals surface area contributed by atoms with E-state index in [1.807, 2.05) is 35.0 Å². The Morgan fingerprint density at radius 1 is 1.13 bits per heavy atom. The number of benzene rings is 2. The highest BCUT2D eigenvalue weighted by Crippen LogP contribution is 2.30. The lowest BCUT2D eigenvalue weighted by Gasteiger charge is -2.30. The van der Waals surface area contributed by atoms with Gasteiger partial charge in [0.1, 0.15) is 0 Å². The molecule has 1 amide bonds. The molecule has 0 saturated carbocycles. The monoisotopic (exact) mass is 495 g/mol. The number of amides is 1. The minimum Gasteiger partial charge on any atom is -0.347 e. The summed E-state index contributed by atoms with van der Waals surface area (Å²) in [5.74, 6) is 0.101. The van der Waals surface area contributed by atoms with Crippen LogP contribution in [-0.4, -0.2) is 33.6 Å². The Morgan fingerprint density at radius 3 is 2.58 bits per heavy atom. The van der Waals surface area contributed by atoms with Crippen molar-refractivity contribution in [2.75, 3.05) is 23.3 Å². The van der Waals surface area contributed by atoms with Crippen LogP contribution in [0.2, 0.25) is 0 Å². The number of fused-ring (bicyclic) bond motifs is 1. The van der Waals surface area contributed by atoms with Crippen LogP contribution in [0.25, 0.3) is 16.2 Å². The summed E-state index contributed by atoms with van der Waals surface area (Å²) in [5.41, 5.74) is 4.09. The summed E-state index contributed by atoms with van der Waals surface area (Å²) in [7, 11) is 0. The third-order valence-electron chi connectivity index (χ3n) is 5.65. The summed E-state index contributed by atoms with van der Waals surface area (Å²) in [6.45, 7) is 3.71. The number of aromatic nitrogens is 3. The van der Waals surface area contributed by atoms with Crippen LogP contribution in [0.5, 0.6) is 0 Å². The number of halogens is 1. The van der Waals surface area contributed by atoms with E-state index in [4.69, 9.17) is 10.1 Å². The van der Waals surface area contributed by atoms with Crippen molar-refractivity contribution in [2.24, 2.45) is 5.92 Å². The summed E-state index contributed by atoms with van der Waals surface area (Å²) in [5, 5.41) is 8.75. The van der Waals surface area contributed by atoms with Crippen molar-refractivity contribution in [3.05, 3.63) is 64.8 Å². The fourth-order valence-corrected chi connectivity index (χ4v) is 5.13. The zero-order valence-corrected chi connectivity index (χ0v) is 19.5. The molecule has 0 unspecified atom stereocenters. The smallest absolute Gasteiger partial charge is 0.227 e. The van der Waals surface area contributed by atoms with Gasteiger partial charge in [0.15, 0.2) is 0 Å². The normalized spacial score (nSPS) is 14.8. The molecule has 0 spiro atoms. The summed E-state index contributed by atoms with van der Waals surface area (Å²) in [4.78, 5) is 20.6. The van der Waals surface area contributed by atoms with Crippen molar-refractivity contribution in [2.45, 2.75) is 19.8 Å². The van der Waals surface area contributed by atoms with Gasteiger partial charge in [-0.1, -0.05) is 53.3 Å². The number of imidazole rings is 1. The van der Waals surface area contributed by atoms with Crippen LogP contribution in [0.1, 0.15) is 18.4 Å². The molecule has 1 saturated heterocycles. The average Bonchev–Trinajstić information content (AvgIpc) is 3.35. The van der Waals surface area contributed by atoms with Crippen LogP contribution in [-0.2, 0) is 4.79 Å². The van der Waals surface area contributed by atoms with Crippen LogP contribution < -0.4 is 10.2 Å². The number of hydrogen-bond donors (Lipinski definition) is 1. The minimum absolute atomic E-state index is 0.0144. The van der Waals surface area contributed by atoms with Crippen LogP contribution >= 0.6 is 27.3 Å². The van der Waals surface area contributed by atoms with E-state index >= 15 is 0 Å². The van der Waals surface area contributed by atoms with Crippen LogP contribution in [0.4, 0.5) is 10.8 Å². The van der Waals surface area contributed by atoms with Crippen LogP contribution in [0, 0.1) is 12.8 Å². The summed E-state index contributed by atoms with van der Waals surface area (Å²) < 4.78 is 2.76. The van der Waals surface area contributed by atoms with Crippen molar-refractivity contribution in [3.8, 4) is 11.3 Å². The second-order valence-corrected chi connectivity index (χ2v) is 9.62. The number of carbonyl (C=O) groups excluding carboxylic acids is 1. The Morgan fingerprint density at radius 2 is 1.87 bits per heavy atom. The molecule has 1 fully saturated rings. The quantitative estimate of drug-likeness (QED) is 0.412. The molecule has 0 bridgehead atoms. The van der Waals surface area contributed by atoms with Gasteiger partial charge in [-0.05, 0) is 47.8 Å². The van der Waals surface area contributed by atoms with Crippen molar-refractivity contribution >= 4 is 49.0 Å². The lowest BCUT2D eigenvalue weighted by atomic mass is 9.96. The van der Waals surface area contributed by atoms with Crippen molar-refractivity contribution in [1.82, 2.24) is 14.6 Å². The van der Waals surface area contributed by atoms with Gasteiger partial charge in [-0.2, -0.15) is 0 Å². The Balaban J connectivity index is 1.23. The fourth-order valence-electron chi connectivity index (χ4n) is 3.81. The number of aryl methyl sites for hydroxylation is 1. The lowest BCUT2D eigenvalue weighted by molar-refractivity contribution is -0.120. The molecule has 8 heteroatoms. The number of anilines is 2. The lowest BCUT2D eigenvalue weighted by Crippen LogP contribution is -2.38. The van der Waals surface area contributed by atoms with E-state index in [2.05, 4.69) is 57.3 Å². The van der Waals surface area contributed by atoms with Crippen LogP contribution in [0.15, 0.2) is 59.2 Å². The second-order valence-electron chi connectivity index (χ2n) is 7.83. The maximum atomic E-state index is 12.7. The molecule has 158 valence electrons. The van der Waals surface area contributed by atoms with Gasteiger partial charge in [-0.15, -0.1) is 5.10 Å². The number of piperidine rings is 1. The predicted octanol–water partition coefficient (Wildman–Crippen LogP) is 5.38. The first-order valence-corrected chi connectivity index (χ1v) is 11.9. The Labute approximate surface area is 193 Å². The van der Waals surface area contributed by atoms with E-state index < -0.39 is 0 Å². The molecule has 2 aromatic heterocycles. The second kappa shape index (κ2) is 8.43. The number of nitrogens with zero attached hydrogens (tertiary/aromatic N) is 4. The molecule has 3 heterocycles. The van der Waals surface area contributed by atoms with E-state index in [1.165, 1.54) is 5.56 Å². The molecular formula is C23H22BrN5OS. The van der Waals surface area contributed by atoms with Gasteiger partial charge in [-0.3, -0.25) is 4.79 Å². The first-order valence-electron chi connectivity index (χ1n) is 10.3. The molecule has 6 nitrogen and oxygen atoms in total. The SMILES string of the molecule is Cc1ccc(-c2cn3nc(N4CCC(C(=O)Nc5ccccc5Br)CC4)sc3n2)cc1. The molecule has 1 aliphatic rings. The number of rotatable bonds is 4. The Bertz CT molecular complexity index is 1190. The zero-order valence-electron chi connectivity index (χ0n) is 17.1. The largest absolute Gasteiger partial charge is 0.347 e. The van der Waals surface area contributed by atoms with E-state index in [-0.39, 0.29) is 11.8 Å². The van der Waals surface area contributed by atoms with Gasteiger partial charge in [0.2, 0.25) is 16.0 Å². The molecule has 0 radical (unpaired) electrons. The number of nitrogens with one attached hydrogen (secondary N) is 1. The predicted molar refractivity (Wildman–Crippen MR) is 129 cm³/mol. The van der Waals surface area contributed by atoms with E-state index in [1.54, 1.807) is 11.3 Å². The van der Waals surface area contributed by atoms with E-state index in [0.29, 0.717) is 0 Å². The van der Waals surface area contributed by atoms with Crippen LogP contribution in [0.3, 0.4) is 0 Å². The van der Waals surface area contributed by atoms with Gasteiger partial charge in [-0.25, -0.2) is 9.50 Å². The molecule has 0 atom stereocenters. The Kier molecular flexibility index (Phi) is 5.50. The standard InChI is InChI=1S/C23H22BrN5OS/c1-15-6-8-16(9-7-15)20-14-29-22(26-20)31-23(27-29)28-12-10-17(11-13-28)21(30)25-19-5-3-2-4-18(19)24/h2-9,14,17H,10-13H2,1H3,(H,25,30). The molecule has 1 N–H and O–H groups in total. The van der Waals surface area contributed by atoms with Gasteiger partial charge < -0.3 is 10.2 Å². The maximum absolute atomic E-state index is 12.7. The number of para-hydroxylation sites is 1.